The summed E-state index contributed by atoms with van der Waals surface area (Å²) in [5, 5.41) is 2.51. The molecule has 0 N–H and O–H groups in total. The van der Waals surface area contributed by atoms with Crippen LogP contribution in [-0.4, -0.2) is 0 Å². The fraction of sp³-hybridized carbons (Fsp3) is 0. The third kappa shape index (κ3) is 4.31. The average molecular weight is 457 g/mol. The van der Waals surface area contributed by atoms with Crippen LogP contribution in [-0.2, 0) is 4.57 Å². The van der Waals surface area contributed by atoms with Gasteiger partial charge in [0.05, 0.1) is 0 Å². The summed E-state index contributed by atoms with van der Waals surface area (Å²) in [6, 6.07) is 48.5. The molecule has 5 aromatic rings. The highest BCUT2D eigenvalue weighted by molar-refractivity contribution is 7.85. The van der Waals surface area contributed by atoms with Crippen molar-refractivity contribution in [2.75, 3.05) is 0 Å². The molecule has 0 bridgehead atoms. The minimum Gasteiger partial charge on any atom is -0.309 e. The Morgan fingerprint density at radius 3 is 1.50 bits per heavy atom. The van der Waals surface area contributed by atoms with Crippen LogP contribution in [0.1, 0.15) is 16.7 Å². The van der Waals surface area contributed by atoms with Crippen molar-refractivity contribution in [2.24, 2.45) is 0 Å². The lowest BCUT2D eigenvalue weighted by Gasteiger charge is -2.24. The van der Waals surface area contributed by atoms with E-state index in [4.69, 9.17) is 0 Å². The molecule has 164 valence electrons. The summed E-state index contributed by atoms with van der Waals surface area (Å²) in [5.74, 6) is 0. The van der Waals surface area contributed by atoms with E-state index in [0.717, 1.165) is 38.2 Å². The highest BCUT2D eigenvalue weighted by Gasteiger charge is 2.32. The predicted molar refractivity (Wildman–Crippen MR) is 146 cm³/mol. The van der Waals surface area contributed by atoms with E-state index in [1.54, 1.807) is 0 Å². The molecule has 0 aliphatic carbocycles. The Labute approximate surface area is 201 Å². The van der Waals surface area contributed by atoms with Crippen LogP contribution in [0, 0.1) is 0 Å². The van der Waals surface area contributed by atoms with Gasteiger partial charge in [-0.3, -0.25) is 0 Å². The van der Waals surface area contributed by atoms with Crippen LogP contribution in [0.4, 0.5) is 0 Å². The van der Waals surface area contributed by atoms with E-state index in [9.17, 15) is 0 Å². The standard InChI is InChI=1S/C32H25OP/c33-34(28-19-9-3-10-20-28,29-21-11-4-12-22-29)32-24-14-13-23-30(32)31(27-17-7-2-8-18-27)25-26-15-5-1-6-16-26/h1-25H/b31-25+. The topological polar surface area (TPSA) is 17.1 Å². The summed E-state index contributed by atoms with van der Waals surface area (Å²) in [7, 11) is -3.13. The smallest absolute Gasteiger partial charge is 0.171 e. The molecule has 0 saturated carbocycles. The van der Waals surface area contributed by atoms with Crippen LogP contribution in [0.3, 0.4) is 0 Å². The summed E-state index contributed by atoms with van der Waals surface area (Å²) in [6.45, 7) is 0. The third-order valence-corrected chi connectivity index (χ3v) is 9.09. The van der Waals surface area contributed by atoms with Gasteiger partial charge in [0.2, 0.25) is 0 Å². The summed E-state index contributed by atoms with van der Waals surface area (Å²) < 4.78 is 15.2. The lowest BCUT2D eigenvalue weighted by molar-refractivity contribution is 0.592. The second kappa shape index (κ2) is 9.91. The van der Waals surface area contributed by atoms with Gasteiger partial charge in [-0.15, -0.1) is 0 Å². The SMILES string of the molecule is O=P(c1ccccc1)(c1ccccc1)c1ccccc1/C(=C/c1ccccc1)c1ccccc1. The van der Waals surface area contributed by atoms with Gasteiger partial charge in [0.25, 0.3) is 0 Å². The van der Waals surface area contributed by atoms with Gasteiger partial charge in [-0.25, -0.2) is 0 Å². The number of hydrogen-bond donors (Lipinski definition) is 0. The van der Waals surface area contributed by atoms with Crippen molar-refractivity contribution >= 4 is 34.7 Å². The van der Waals surface area contributed by atoms with Crippen LogP contribution >= 0.6 is 7.14 Å². The van der Waals surface area contributed by atoms with E-state index in [-0.39, 0.29) is 0 Å². The molecule has 0 fully saturated rings. The summed E-state index contributed by atoms with van der Waals surface area (Å²) >= 11 is 0. The molecule has 0 aliphatic heterocycles. The van der Waals surface area contributed by atoms with Crippen molar-refractivity contribution in [3.8, 4) is 0 Å². The number of benzene rings is 5. The van der Waals surface area contributed by atoms with Crippen molar-refractivity contribution in [1.82, 2.24) is 0 Å². The normalized spacial score (nSPS) is 11.8. The van der Waals surface area contributed by atoms with E-state index in [2.05, 4.69) is 36.4 Å². The monoisotopic (exact) mass is 456 g/mol. The Kier molecular flexibility index (Phi) is 6.38. The fourth-order valence-corrected chi connectivity index (χ4v) is 7.20. The zero-order chi connectivity index (χ0) is 23.2. The van der Waals surface area contributed by atoms with E-state index in [0.29, 0.717) is 0 Å². The molecule has 0 aliphatic rings. The van der Waals surface area contributed by atoms with Crippen molar-refractivity contribution < 1.29 is 4.57 Å². The molecule has 0 atom stereocenters. The maximum Gasteiger partial charge on any atom is 0.171 e. The molecule has 0 radical (unpaired) electrons. The zero-order valence-corrected chi connectivity index (χ0v) is 19.7. The van der Waals surface area contributed by atoms with Crippen molar-refractivity contribution in [3.63, 3.8) is 0 Å². The number of rotatable bonds is 6. The van der Waals surface area contributed by atoms with Crippen molar-refractivity contribution in [1.29, 1.82) is 0 Å². The lowest BCUT2D eigenvalue weighted by atomic mass is 9.95. The average Bonchev–Trinajstić information content (AvgIpc) is 2.93. The molecule has 1 nitrogen and oxygen atoms in total. The van der Waals surface area contributed by atoms with E-state index in [1.807, 2.05) is 115 Å². The quantitative estimate of drug-likeness (QED) is 0.200. The summed E-state index contributed by atoms with van der Waals surface area (Å²) in [4.78, 5) is 0. The van der Waals surface area contributed by atoms with E-state index < -0.39 is 7.14 Å². The molecule has 0 spiro atoms. The van der Waals surface area contributed by atoms with Crippen LogP contribution in [0.5, 0.6) is 0 Å². The molecule has 0 heterocycles. The summed E-state index contributed by atoms with van der Waals surface area (Å²) in [6.07, 6.45) is 2.19. The molecule has 0 saturated heterocycles. The van der Waals surface area contributed by atoms with Crippen LogP contribution < -0.4 is 15.9 Å². The van der Waals surface area contributed by atoms with E-state index in [1.165, 1.54) is 0 Å². The van der Waals surface area contributed by atoms with Crippen LogP contribution in [0.2, 0.25) is 0 Å². The largest absolute Gasteiger partial charge is 0.309 e. The first-order chi connectivity index (χ1) is 16.8. The highest BCUT2D eigenvalue weighted by Crippen LogP contribution is 2.45. The van der Waals surface area contributed by atoms with Crippen molar-refractivity contribution in [3.05, 3.63) is 162 Å². The Morgan fingerprint density at radius 1 is 0.500 bits per heavy atom. The Balaban J connectivity index is 1.81. The molecule has 0 aromatic heterocycles. The Morgan fingerprint density at radius 2 is 0.941 bits per heavy atom. The minimum atomic E-state index is -3.13. The first-order valence-electron chi connectivity index (χ1n) is 11.4. The maximum absolute atomic E-state index is 15.2. The third-order valence-electron chi connectivity index (χ3n) is 5.97. The van der Waals surface area contributed by atoms with Crippen LogP contribution in [0.25, 0.3) is 11.6 Å². The highest BCUT2D eigenvalue weighted by atomic mass is 31.2. The molecule has 0 unspecified atom stereocenters. The summed E-state index contributed by atoms with van der Waals surface area (Å²) in [5.41, 5.74) is 4.22. The van der Waals surface area contributed by atoms with Gasteiger partial charge in [-0.05, 0) is 28.3 Å². The maximum atomic E-state index is 15.2. The molecule has 5 rings (SSSR count). The Bertz CT molecular complexity index is 1400. The predicted octanol–water partition coefficient (Wildman–Crippen LogP) is 6.91. The number of hydrogen-bond acceptors (Lipinski definition) is 1. The van der Waals surface area contributed by atoms with Gasteiger partial charge in [-0.1, -0.05) is 146 Å². The molecule has 2 heteroatoms. The first-order valence-corrected chi connectivity index (χ1v) is 13.1. The first kappa shape index (κ1) is 21.9. The van der Waals surface area contributed by atoms with Crippen LogP contribution in [0.15, 0.2) is 146 Å². The lowest BCUT2D eigenvalue weighted by Crippen LogP contribution is -2.27. The van der Waals surface area contributed by atoms with Gasteiger partial charge < -0.3 is 4.57 Å². The second-order valence-corrected chi connectivity index (χ2v) is 10.9. The van der Waals surface area contributed by atoms with Gasteiger partial charge >= 0.3 is 0 Å². The molecule has 0 amide bonds. The fourth-order valence-electron chi connectivity index (χ4n) is 4.33. The van der Waals surface area contributed by atoms with E-state index >= 15 is 4.57 Å². The van der Waals surface area contributed by atoms with Gasteiger partial charge in [0.15, 0.2) is 7.14 Å². The Hall–Kier alpha value is -3.93. The molecule has 34 heavy (non-hydrogen) atoms. The van der Waals surface area contributed by atoms with Gasteiger partial charge in [-0.2, -0.15) is 0 Å². The molecular weight excluding hydrogens is 431 g/mol. The van der Waals surface area contributed by atoms with Gasteiger partial charge in [0.1, 0.15) is 0 Å². The molecular formula is C32H25OP. The second-order valence-electron chi connectivity index (χ2n) is 8.13. The molecule has 5 aromatic carbocycles. The zero-order valence-electron chi connectivity index (χ0n) is 18.8. The van der Waals surface area contributed by atoms with Gasteiger partial charge in [0, 0.05) is 15.9 Å². The van der Waals surface area contributed by atoms with Crippen molar-refractivity contribution in [2.45, 2.75) is 0 Å². The minimum absolute atomic E-state index is 0.834.